The molecule has 0 saturated heterocycles. The Bertz CT molecular complexity index is 312. The van der Waals surface area contributed by atoms with Crippen LogP contribution in [0.4, 0.5) is 0 Å². The highest BCUT2D eigenvalue weighted by molar-refractivity contribution is 7.81. The van der Waals surface area contributed by atoms with Gasteiger partial charge in [-0.15, -0.1) is 0 Å². The summed E-state index contributed by atoms with van der Waals surface area (Å²) in [5, 5.41) is 0.450. The van der Waals surface area contributed by atoms with Crippen LogP contribution in [-0.2, 0) is 12.0 Å². The molecule has 1 aliphatic rings. The SMILES string of the molecule is CC(S)C1(c2ccc(CN)cc2)CC1. The van der Waals surface area contributed by atoms with Gasteiger partial charge in [0.05, 0.1) is 0 Å². The zero-order valence-corrected chi connectivity index (χ0v) is 9.43. The molecular weight excluding hydrogens is 190 g/mol. The second kappa shape index (κ2) is 3.59. The third kappa shape index (κ3) is 1.57. The molecule has 0 spiro atoms. The molecular formula is C12H17NS. The number of nitrogens with two attached hydrogens (primary N) is 1. The van der Waals surface area contributed by atoms with Crippen molar-refractivity contribution in [3.63, 3.8) is 0 Å². The van der Waals surface area contributed by atoms with E-state index in [1.807, 2.05) is 0 Å². The van der Waals surface area contributed by atoms with Crippen LogP contribution in [0.3, 0.4) is 0 Å². The Balaban J connectivity index is 2.25. The van der Waals surface area contributed by atoms with Gasteiger partial charge in [-0.2, -0.15) is 12.6 Å². The van der Waals surface area contributed by atoms with Gasteiger partial charge in [-0.1, -0.05) is 31.2 Å². The molecule has 1 aromatic rings. The highest BCUT2D eigenvalue weighted by Gasteiger charge is 2.47. The average Bonchev–Trinajstić information content (AvgIpc) is 2.99. The summed E-state index contributed by atoms with van der Waals surface area (Å²) in [7, 11) is 0. The minimum absolute atomic E-state index is 0.357. The maximum Gasteiger partial charge on any atom is 0.0178 e. The third-order valence-electron chi connectivity index (χ3n) is 3.35. The fourth-order valence-corrected chi connectivity index (χ4v) is 2.46. The fraction of sp³-hybridized carbons (Fsp3) is 0.500. The molecule has 14 heavy (non-hydrogen) atoms. The van der Waals surface area contributed by atoms with Gasteiger partial charge in [-0.3, -0.25) is 0 Å². The predicted molar refractivity (Wildman–Crippen MR) is 63.7 cm³/mol. The monoisotopic (exact) mass is 207 g/mol. The van der Waals surface area contributed by atoms with Crippen molar-refractivity contribution in [3.8, 4) is 0 Å². The molecule has 0 aromatic heterocycles. The van der Waals surface area contributed by atoms with E-state index in [1.165, 1.54) is 24.0 Å². The summed E-state index contributed by atoms with van der Waals surface area (Å²) in [6.07, 6.45) is 2.55. The van der Waals surface area contributed by atoms with Crippen LogP contribution >= 0.6 is 12.6 Å². The lowest BCUT2D eigenvalue weighted by Crippen LogP contribution is -2.17. The molecule has 76 valence electrons. The highest BCUT2D eigenvalue weighted by atomic mass is 32.1. The molecule has 0 amide bonds. The predicted octanol–water partition coefficient (Wildman–Crippen LogP) is 2.50. The minimum Gasteiger partial charge on any atom is -0.326 e. The molecule has 2 heteroatoms. The summed E-state index contributed by atoms with van der Waals surface area (Å²) < 4.78 is 0. The van der Waals surface area contributed by atoms with Gasteiger partial charge in [0, 0.05) is 17.2 Å². The number of thiol groups is 1. The molecule has 0 radical (unpaired) electrons. The summed E-state index contributed by atoms with van der Waals surface area (Å²) in [5.41, 5.74) is 8.56. The smallest absolute Gasteiger partial charge is 0.0178 e. The van der Waals surface area contributed by atoms with Crippen molar-refractivity contribution in [1.29, 1.82) is 0 Å². The molecule has 1 aromatic carbocycles. The number of hydrogen-bond donors (Lipinski definition) is 2. The van der Waals surface area contributed by atoms with Crippen molar-refractivity contribution in [3.05, 3.63) is 35.4 Å². The van der Waals surface area contributed by atoms with Crippen molar-refractivity contribution in [2.45, 2.75) is 37.0 Å². The zero-order chi connectivity index (χ0) is 10.2. The molecule has 1 unspecified atom stereocenters. The first-order chi connectivity index (χ1) is 6.69. The van der Waals surface area contributed by atoms with Gasteiger partial charge in [-0.05, 0) is 24.0 Å². The van der Waals surface area contributed by atoms with E-state index in [4.69, 9.17) is 5.73 Å². The summed E-state index contributed by atoms with van der Waals surface area (Å²) in [6.45, 7) is 2.82. The summed E-state index contributed by atoms with van der Waals surface area (Å²) in [6, 6.07) is 8.68. The van der Waals surface area contributed by atoms with Gasteiger partial charge in [0.25, 0.3) is 0 Å². The first-order valence-corrected chi connectivity index (χ1v) is 5.68. The molecule has 1 atom stereocenters. The van der Waals surface area contributed by atoms with Gasteiger partial charge < -0.3 is 5.73 Å². The van der Waals surface area contributed by atoms with Crippen molar-refractivity contribution in [2.24, 2.45) is 5.73 Å². The molecule has 1 saturated carbocycles. The molecule has 0 aliphatic heterocycles. The third-order valence-corrected chi connectivity index (χ3v) is 3.85. The van der Waals surface area contributed by atoms with E-state index in [0.717, 1.165) is 0 Å². The van der Waals surface area contributed by atoms with Gasteiger partial charge in [0.1, 0.15) is 0 Å². The van der Waals surface area contributed by atoms with E-state index in [1.54, 1.807) is 0 Å². The van der Waals surface area contributed by atoms with Crippen LogP contribution in [0.25, 0.3) is 0 Å². The summed E-state index contributed by atoms with van der Waals surface area (Å²) in [5.74, 6) is 0. The van der Waals surface area contributed by atoms with E-state index in [9.17, 15) is 0 Å². The second-order valence-electron chi connectivity index (χ2n) is 4.23. The van der Waals surface area contributed by atoms with Crippen LogP contribution in [0.1, 0.15) is 30.9 Å². The van der Waals surface area contributed by atoms with Crippen LogP contribution in [0.5, 0.6) is 0 Å². The van der Waals surface area contributed by atoms with Gasteiger partial charge >= 0.3 is 0 Å². The number of benzene rings is 1. The van der Waals surface area contributed by atoms with E-state index < -0.39 is 0 Å². The molecule has 0 heterocycles. The normalized spacial score (nSPS) is 20.5. The second-order valence-corrected chi connectivity index (χ2v) is 5.01. The van der Waals surface area contributed by atoms with E-state index >= 15 is 0 Å². The topological polar surface area (TPSA) is 26.0 Å². The van der Waals surface area contributed by atoms with E-state index in [2.05, 4.69) is 43.8 Å². The first kappa shape index (κ1) is 10.1. The lowest BCUT2D eigenvalue weighted by molar-refractivity contribution is 0.685. The van der Waals surface area contributed by atoms with Crippen molar-refractivity contribution in [1.82, 2.24) is 0 Å². The number of rotatable bonds is 3. The van der Waals surface area contributed by atoms with Crippen LogP contribution in [-0.4, -0.2) is 5.25 Å². The Labute approximate surface area is 91.1 Å². The zero-order valence-electron chi connectivity index (χ0n) is 8.53. The fourth-order valence-electron chi connectivity index (χ4n) is 2.06. The molecule has 0 bridgehead atoms. The summed E-state index contributed by atoms with van der Waals surface area (Å²) >= 11 is 4.58. The maximum absolute atomic E-state index is 5.57. The molecule has 1 fully saturated rings. The maximum atomic E-state index is 5.57. The Kier molecular flexibility index (Phi) is 2.58. The van der Waals surface area contributed by atoms with Gasteiger partial charge in [0.15, 0.2) is 0 Å². The summed E-state index contributed by atoms with van der Waals surface area (Å²) in [4.78, 5) is 0. The van der Waals surface area contributed by atoms with Crippen molar-refractivity contribution >= 4 is 12.6 Å². The lowest BCUT2D eigenvalue weighted by atomic mass is 9.92. The van der Waals surface area contributed by atoms with Gasteiger partial charge in [0.2, 0.25) is 0 Å². The van der Waals surface area contributed by atoms with E-state index in [-0.39, 0.29) is 0 Å². The Morgan fingerprint density at radius 2 is 1.93 bits per heavy atom. The quantitative estimate of drug-likeness (QED) is 0.732. The number of hydrogen-bond acceptors (Lipinski definition) is 2. The Morgan fingerprint density at radius 3 is 2.29 bits per heavy atom. The molecule has 1 nitrogen and oxygen atoms in total. The van der Waals surface area contributed by atoms with Crippen molar-refractivity contribution in [2.75, 3.05) is 0 Å². The first-order valence-electron chi connectivity index (χ1n) is 5.16. The van der Waals surface area contributed by atoms with E-state index in [0.29, 0.717) is 17.2 Å². The molecule has 2 N–H and O–H groups in total. The average molecular weight is 207 g/mol. The van der Waals surface area contributed by atoms with Crippen LogP contribution in [0, 0.1) is 0 Å². The Hall–Kier alpha value is -0.470. The van der Waals surface area contributed by atoms with Crippen LogP contribution in [0.15, 0.2) is 24.3 Å². The standard InChI is InChI=1S/C12H17NS/c1-9(14)12(6-7-12)11-4-2-10(8-13)3-5-11/h2-5,9,14H,6-8,13H2,1H3. The molecule has 2 rings (SSSR count). The highest BCUT2D eigenvalue weighted by Crippen LogP contribution is 2.52. The molecule has 1 aliphatic carbocycles. The lowest BCUT2D eigenvalue weighted by Gasteiger charge is -2.19. The van der Waals surface area contributed by atoms with Crippen LogP contribution in [0.2, 0.25) is 0 Å². The van der Waals surface area contributed by atoms with Crippen molar-refractivity contribution < 1.29 is 0 Å². The van der Waals surface area contributed by atoms with Gasteiger partial charge in [-0.25, -0.2) is 0 Å². The largest absolute Gasteiger partial charge is 0.326 e. The minimum atomic E-state index is 0.357. The van der Waals surface area contributed by atoms with Crippen LogP contribution < -0.4 is 5.73 Å². The Morgan fingerprint density at radius 1 is 1.36 bits per heavy atom.